The van der Waals surface area contributed by atoms with E-state index in [0.717, 1.165) is 0 Å². The van der Waals surface area contributed by atoms with Crippen LogP contribution < -0.4 is 6.15 Å². The van der Waals surface area contributed by atoms with E-state index in [4.69, 9.17) is 72.9 Å². The zero-order valence-corrected chi connectivity index (χ0v) is 15.7. The van der Waals surface area contributed by atoms with Crippen molar-refractivity contribution in [3.63, 3.8) is 0 Å². The number of hydrogen-bond acceptors (Lipinski definition) is 20. The minimum atomic E-state index is -4.86. The van der Waals surface area contributed by atoms with Gasteiger partial charge >= 0.3 is 17.1 Å². The first-order chi connectivity index (χ1) is 10.2. The van der Waals surface area contributed by atoms with Gasteiger partial charge in [-0.05, 0) is 0 Å². The van der Waals surface area contributed by atoms with Gasteiger partial charge in [0.15, 0.2) is 0 Å². The van der Waals surface area contributed by atoms with E-state index in [1.807, 2.05) is 0 Å². The van der Waals surface area contributed by atoms with Crippen molar-refractivity contribution >= 4 is 41.6 Å². The molecule has 0 rings (SSSR count). The fourth-order valence-corrected chi connectivity index (χ4v) is 0. The molecule has 0 saturated carbocycles. The second-order valence-corrected chi connectivity index (χ2v) is 5.79. The average Bonchev–Trinajstić information content (AvgIpc) is 2.37. The van der Waals surface area contributed by atoms with Crippen LogP contribution in [0.5, 0.6) is 0 Å². The van der Waals surface area contributed by atoms with Gasteiger partial charge in [0.1, 0.15) is 0 Å². The predicted molar refractivity (Wildman–Crippen MR) is 59.6 cm³/mol. The molecule has 0 aromatic heterocycles. The first-order valence-corrected chi connectivity index (χ1v) is 8.73. The van der Waals surface area contributed by atoms with Crippen molar-refractivity contribution in [1.82, 2.24) is 6.15 Å². The molecular formula is H8FeNO20S4. The first kappa shape index (κ1) is 40.5. The number of rotatable bonds is 4. The molecule has 0 unspecified atom stereocenters. The van der Waals surface area contributed by atoms with Crippen LogP contribution in [0.15, 0.2) is 0 Å². The third-order valence-corrected chi connectivity index (χ3v) is 1.10. The van der Waals surface area contributed by atoms with Gasteiger partial charge in [0, 0.05) is 0 Å². The van der Waals surface area contributed by atoms with E-state index in [1.165, 1.54) is 0 Å². The van der Waals surface area contributed by atoms with E-state index in [-0.39, 0.29) is 23.2 Å². The molecule has 0 bridgehead atoms. The Balaban J connectivity index is -0.0000000500. The van der Waals surface area contributed by atoms with Crippen LogP contribution in [-0.4, -0.2) is 72.9 Å². The summed E-state index contributed by atoms with van der Waals surface area (Å²) in [6.07, 6.45) is 0. The van der Waals surface area contributed by atoms with Crippen molar-refractivity contribution in [2.75, 3.05) is 0 Å². The molecule has 0 aromatic carbocycles. The van der Waals surface area contributed by atoms with E-state index < -0.39 is 41.6 Å². The second kappa shape index (κ2) is 18.2. The Morgan fingerprint density at radius 2 is 0.500 bits per heavy atom. The zero-order chi connectivity index (χ0) is 20.8. The molecule has 0 fully saturated rings. The molecule has 0 aromatic rings. The topological polar surface area (TPSA) is 383 Å². The maximum Gasteiger partial charge on any atom is 3.00 e. The van der Waals surface area contributed by atoms with E-state index in [2.05, 4.69) is 17.3 Å². The molecule has 26 heteroatoms. The first-order valence-electron chi connectivity index (χ1n) is 3.40. The van der Waals surface area contributed by atoms with Crippen LogP contribution in [0.1, 0.15) is 0 Å². The summed E-state index contributed by atoms with van der Waals surface area (Å²) in [7, 11) is -19.4. The molecule has 1 radical (unpaired) electrons. The molecule has 21 nitrogen and oxygen atoms in total. The third kappa shape index (κ3) is 88.9. The smallest absolute Gasteiger partial charge is 0.724 e. The molecule has 8 N–H and O–H groups in total. The van der Waals surface area contributed by atoms with Crippen LogP contribution in [0.4, 0.5) is 0 Å². The van der Waals surface area contributed by atoms with Crippen molar-refractivity contribution in [1.29, 1.82) is 0 Å². The Morgan fingerprint density at radius 1 is 0.462 bits per heavy atom. The van der Waals surface area contributed by atoms with Gasteiger partial charge in [-0.3, -0.25) is 0 Å². The van der Waals surface area contributed by atoms with Crippen molar-refractivity contribution in [2.45, 2.75) is 0 Å². The van der Waals surface area contributed by atoms with Gasteiger partial charge in [0.25, 0.3) is 0 Å². The maximum absolute atomic E-state index is 8.97. The SMILES string of the molecule is O=S(=O)([O-])OO.O=S(=O)([O-])OO.O=S(=O)([O-])OO.O=S(=O)([O-])OO.[Fe+3].[NH4+]. The standard InChI is InChI=1S/Fe.H3N.4H2O5S/c;;4*1-5-6(2,3)4/h;1H3;4*1H,(H,2,3,4)/q+3;;;;;/p-3. The maximum atomic E-state index is 8.97. The van der Waals surface area contributed by atoms with Crippen LogP contribution in [0, 0.1) is 0 Å². The molecule has 0 heterocycles. The Kier molecular flexibility index (Phi) is 28.3. The number of quaternary nitrogens is 1. The van der Waals surface area contributed by atoms with Crippen molar-refractivity contribution < 1.29 is 107 Å². The van der Waals surface area contributed by atoms with Gasteiger partial charge in [-0.2, -0.15) is 0 Å². The quantitative estimate of drug-likeness (QED) is 0.0768. The molecule has 0 spiro atoms. The van der Waals surface area contributed by atoms with Crippen LogP contribution >= 0.6 is 0 Å². The van der Waals surface area contributed by atoms with Crippen molar-refractivity contribution in [2.24, 2.45) is 0 Å². The third-order valence-electron chi connectivity index (χ3n) is 0.365. The zero-order valence-electron chi connectivity index (χ0n) is 11.3. The van der Waals surface area contributed by atoms with Crippen molar-refractivity contribution in [3.05, 3.63) is 0 Å². The van der Waals surface area contributed by atoms with Crippen LogP contribution in [0.25, 0.3) is 0 Å². The normalized spacial score (nSPS) is 10.8. The summed E-state index contributed by atoms with van der Waals surface area (Å²) in [6, 6.07) is 0. The molecule has 165 valence electrons. The van der Waals surface area contributed by atoms with Gasteiger partial charge in [0.05, 0.1) is 0 Å². The minimum Gasteiger partial charge on any atom is -0.724 e. The molecule has 0 amide bonds. The van der Waals surface area contributed by atoms with E-state index in [9.17, 15) is 0 Å². The Labute approximate surface area is 155 Å². The van der Waals surface area contributed by atoms with Gasteiger partial charge in [-0.25, -0.2) is 54.7 Å². The van der Waals surface area contributed by atoms with E-state index in [0.29, 0.717) is 0 Å². The summed E-state index contributed by atoms with van der Waals surface area (Å²) >= 11 is 0. The summed E-state index contributed by atoms with van der Waals surface area (Å²) in [5.74, 6) is 0. The van der Waals surface area contributed by atoms with Gasteiger partial charge < -0.3 is 24.4 Å². The molecule has 0 atom stereocenters. The summed E-state index contributed by atoms with van der Waals surface area (Å²) in [4.78, 5) is 0. The van der Waals surface area contributed by atoms with Gasteiger partial charge in [0.2, 0.25) is 41.6 Å². The predicted octanol–water partition coefficient (Wildman–Crippen LogP) is -3.88. The van der Waals surface area contributed by atoms with Gasteiger partial charge in [-0.15, -0.1) is 17.3 Å². The van der Waals surface area contributed by atoms with Gasteiger partial charge in [-0.1, -0.05) is 0 Å². The monoisotopic (exact) mass is 526 g/mol. The largest absolute Gasteiger partial charge is 3.00 e. The fourth-order valence-electron chi connectivity index (χ4n) is 0. The second-order valence-electron chi connectivity index (χ2n) is 1.93. The summed E-state index contributed by atoms with van der Waals surface area (Å²) in [5, 5.41) is 28.0. The summed E-state index contributed by atoms with van der Waals surface area (Å²) in [5.41, 5.74) is 0. The van der Waals surface area contributed by atoms with Crippen molar-refractivity contribution in [3.8, 4) is 0 Å². The average molecular weight is 526 g/mol. The Hall–Kier alpha value is -0.201. The van der Waals surface area contributed by atoms with E-state index in [1.54, 1.807) is 0 Å². The molecule has 0 aliphatic carbocycles. The Bertz CT molecular complexity index is 564. The molecular weight excluding hydrogens is 518 g/mol. The molecule has 0 saturated heterocycles. The van der Waals surface area contributed by atoms with Crippen LogP contribution in [0.3, 0.4) is 0 Å². The molecule has 0 aliphatic heterocycles. The fraction of sp³-hybridized carbons (Fsp3) is 0. The van der Waals surface area contributed by atoms with Crippen LogP contribution in [-0.2, 0) is 76.0 Å². The Morgan fingerprint density at radius 3 is 0.500 bits per heavy atom. The van der Waals surface area contributed by atoms with Crippen LogP contribution in [0.2, 0.25) is 0 Å². The summed E-state index contributed by atoms with van der Waals surface area (Å²) < 4.78 is 117. The van der Waals surface area contributed by atoms with E-state index >= 15 is 0 Å². The number of hydrogen-bond donors (Lipinski definition) is 5. The summed E-state index contributed by atoms with van der Waals surface area (Å²) in [6.45, 7) is 0. The minimum absolute atomic E-state index is 0. The molecule has 0 aliphatic rings. The molecule has 26 heavy (non-hydrogen) atoms.